The molecule has 0 aromatic carbocycles. The van der Waals surface area contributed by atoms with E-state index in [1.807, 2.05) is 13.8 Å². The lowest BCUT2D eigenvalue weighted by Gasteiger charge is -2.62. The van der Waals surface area contributed by atoms with Crippen molar-refractivity contribution in [3.05, 3.63) is 22.8 Å². The molecule has 0 bridgehead atoms. The zero-order valence-electron chi connectivity index (χ0n) is 33.5. The number of fused-ring (bicyclic) bond motifs is 4. The van der Waals surface area contributed by atoms with E-state index in [9.17, 15) is 34.8 Å². The second-order valence-electron chi connectivity index (χ2n) is 18.8. The molecule has 0 aromatic rings. The van der Waals surface area contributed by atoms with Crippen LogP contribution < -0.4 is 0 Å². The number of aliphatic hydroxyl groups excluding tert-OH is 3. The third kappa shape index (κ3) is 7.76. The van der Waals surface area contributed by atoms with E-state index in [-0.39, 0.29) is 59.0 Å². The summed E-state index contributed by atoms with van der Waals surface area (Å²) in [5, 5.41) is 42.0. The van der Waals surface area contributed by atoms with Gasteiger partial charge in [-0.15, -0.1) is 0 Å². The molecule has 1 heterocycles. The Morgan fingerprint density at radius 3 is 2.26 bits per heavy atom. The Morgan fingerprint density at radius 2 is 1.60 bits per heavy atom. The van der Waals surface area contributed by atoms with Crippen molar-refractivity contribution in [2.45, 2.75) is 169 Å². The Bertz CT molecular complexity index is 1460. The number of carbonyl (C=O) groups excluding carboxylic acids is 3. The minimum Gasteiger partial charge on any atom is -0.469 e. The molecular formula is C42H66O11. The van der Waals surface area contributed by atoms with Gasteiger partial charge in [-0.1, -0.05) is 57.4 Å². The number of aliphatic hydroxyl groups is 4. The highest BCUT2D eigenvalue weighted by atomic mass is 16.7. The number of carbonyl (C=O) groups is 3. The average molecular weight is 747 g/mol. The van der Waals surface area contributed by atoms with Gasteiger partial charge in [-0.25, -0.2) is 0 Å². The molecule has 0 aromatic heterocycles. The van der Waals surface area contributed by atoms with Gasteiger partial charge in [0.1, 0.15) is 18.3 Å². The molecule has 12 unspecified atom stereocenters. The second kappa shape index (κ2) is 15.3. The van der Waals surface area contributed by atoms with Crippen molar-refractivity contribution in [3.8, 4) is 0 Å². The summed E-state index contributed by atoms with van der Waals surface area (Å²) in [5.41, 5.74) is 1.98. The summed E-state index contributed by atoms with van der Waals surface area (Å²) in [6.45, 7) is 16.9. The molecule has 53 heavy (non-hydrogen) atoms. The summed E-state index contributed by atoms with van der Waals surface area (Å²) in [6, 6.07) is 0. The third-order valence-corrected chi connectivity index (χ3v) is 14.8. The maximum absolute atomic E-state index is 14.1. The average Bonchev–Trinajstić information content (AvgIpc) is 3.34. The maximum Gasteiger partial charge on any atom is 0.309 e. The van der Waals surface area contributed by atoms with E-state index in [0.29, 0.717) is 19.3 Å². The Kier molecular flexibility index (Phi) is 12.1. The Labute approximate surface area is 315 Å². The fourth-order valence-electron chi connectivity index (χ4n) is 11.7. The molecule has 2 saturated carbocycles. The zero-order chi connectivity index (χ0) is 39.3. The van der Waals surface area contributed by atoms with Crippen LogP contribution in [0.25, 0.3) is 0 Å². The third-order valence-electron chi connectivity index (χ3n) is 14.8. The van der Waals surface area contributed by atoms with E-state index >= 15 is 0 Å². The Balaban J connectivity index is 1.38. The van der Waals surface area contributed by atoms with E-state index in [0.717, 1.165) is 44.9 Å². The van der Waals surface area contributed by atoms with Gasteiger partial charge in [0.25, 0.3) is 0 Å². The molecule has 4 N–H and O–H groups in total. The van der Waals surface area contributed by atoms with Crippen molar-refractivity contribution < 1.29 is 53.8 Å². The monoisotopic (exact) mass is 746 g/mol. The molecule has 5 rings (SSSR count). The molecule has 1 aliphatic heterocycles. The topological polar surface area (TPSA) is 169 Å². The van der Waals surface area contributed by atoms with Crippen molar-refractivity contribution >= 4 is 17.9 Å². The number of esters is 3. The number of allylic oxidation sites excluding steroid dienone is 4. The van der Waals surface area contributed by atoms with Crippen LogP contribution in [0.4, 0.5) is 0 Å². The summed E-state index contributed by atoms with van der Waals surface area (Å²) in [7, 11) is 1.25. The molecule has 12 atom stereocenters. The van der Waals surface area contributed by atoms with E-state index < -0.39 is 54.0 Å². The molecule has 3 fully saturated rings. The smallest absolute Gasteiger partial charge is 0.309 e. The fourth-order valence-corrected chi connectivity index (χ4v) is 11.7. The van der Waals surface area contributed by atoms with Crippen LogP contribution in [0.3, 0.4) is 0 Å². The highest BCUT2D eigenvalue weighted by molar-refractivity contribution is 5.75. The molecule has 5 aliphatic rings. The number of hydrogen-bond donors (Lipinski definition) is 4. The summed E-state index contributed by atoms with van der Waals surface area (Å²) in [5.74, 6) is -1.70. The van der Waals surface area contributed by atoms with Crippen LogP contribution in [0.15, 0.2) is 22.8 Å². The van der Waals surface area contributed by atoms with Crippen LogP contribution in [-0.4, -0.2) is 88.4 Å². The lowest BCUT2D eigenvalue weighted by molar-refractivity contribution is -0.262. The Hall–Kier alpha value is -2.31. The highest BCUT2D eigenvalue weighted by Gasteiger charge is 2.65. The van der Waals surface area contributed by atoms with Crippen LogP contribution in [-0.2, 0) is 33.3 Å². The van der Waals surface area contributed by atoms with Crippen molar-refractivity contribution in [2.75, 3.05) is 13.7 Å². The van der Waals surface area contributed by atoms with Gasteiger partial charge in [-0.3, -0.25) is 14.4 Å². The minimum atomic E-state index is -1.55. The summed E-state index contributed by atoms with van der Waals surface area (Å²) in [4.78, 5) is 39.1. The van der Waals surface area contributed by atoms with Gasteiger partial charge in [-0.2, -0.15) is 0 Å². The maximum atomic E-state index is 14.1. The second-order valence-corrected chi connectivity index (χ2v) is 18.8. The van der Waals surface area contributed by atoms with Crippen molar-refractivity contribution in [2.24, 2.45) is 39.4 Å². The van der Waals surface area contributed by atoms with Crippen LogP contribution in [0, 0.1) is 39.4 Å². The van der Waals surface area contributed by atoms with Gasteiger partial charge in [-0.05, 0) is 113 Å². The number of methoxy groups -OCH3 is 1. The molecule has 0 spiro atoms. The first-order valence-electron chi connectivity index (χ1n) is 19.8. The Morgan fingerprint density at radius 1 is 0.925 bits per heavy atom. The quantitative estimate of drug-likeness (QED) is 0.116. The number of rotatable bonds is 11. The molecule has 11 heteroatoms. The van der Waals surface area contributed by atoms with Crippen LogP contribution in [0.2, 0.25) is 0 Å². The van der Waals surface area contributed by atoms with E-state index in [1.165, 1.54) is 30.8 Å². The predicted molar refractivity (Wildman–Crippen MR) is 197 cm³/mol. The number of ether oxygens (including phenoxy) is 4. The van der Waals surface area contributed by atoms with Crippen molar-refractivity contribution in [3.63, 3.8) is 0 Å². The standard InChI is InChI=1S/C42H66O11/c1-24(2)11-10-12-25(36(47)53-35-34(46)29(43)23-51-37(35)48)26-15-19-42(8)28-13-14-30-38(3,4)31(52-33(45)22-39(5,49)21-32(44)50-9)17-18-40(30,6)27(28)16-20-41(26,42)7/h11,25-26,29-31,34-35,37,43,46,48-49H,10,12-23H2,1-9H3. The van der Waals surface area contributed by atoms with Crippen LogP contribution in [0.5, 0.6) is 0 Å². The molecule has 11 nitrogen and oxygen atoms in total. The molecule has 0 amide bonds. The van der Waals surface area contributed by atoms with Gasteiger partial charge in [0.2, 0.25) is 0 Å². The molecule has 0 radical (unpaired) electrons. The van der Waals surface area contributed by atoms with Gasteiger partial charge in [0.05, 0.1) is 38.1 Å². The number of hydrogen-bond acceptors (Lipinski definition) is 11. The molecule has 300 valence electrons. The zero-order valence-corrected chi connectivity index (χ0v) is 33.5. The summed E-state index contributed by atoms with van der Waals surface area (Å²) < 4.78 is 21.9. The van der Waals surface area contributed by atoms with Crippen molar-refractivity contribution in [1.29, 1.82) is 0 Å². The molecule has 1 saturated heterocycles. The lowest BCUT2D eigenvalue weighted by Crippen LogP contribution is -2.56. The fraction of sp³-hybridized carbons (Fsp3) is 0.833. The predicted octanol–water partition coefficient (Wildman–Crippen LogP) is 5.70. The lowest BCUT2D eigenvalue weighted by atomic mass is 9.43. The van der Waals surface area contributed by atoms with Gasteiger partial charge < -0.3 is 39.4 Å². The molecular weight excluding hydrogens is 680 g/mol. The van der Waals surface area contributed by atoms with Crippen LogP contribution in [0.1, 0.15) is 132 Å². The van der Waals surface area contributed by atoms with Crippen molar-refractivity contribution in [1.82, 2.24) is 0 Å². The van der Waals surface area contributed by atoms with E-state index in [1.54, 1.807) is 0 Å². The van der Waals surface area contributed by atoms with E-state index in [2.05, 4.69) is 45.4 Å². The largest absolute Gasteiger partial charge is 0.469 e. The van der Waals surface area contributed by atoms with Crippen LogP contribution >= 0.6 is 0 Å². The highest BCUT2D eigenvalue weighted by Crippen LogP contribution is 2.72. The van der Waals surface area contributed by atoms with Gasteiger partial charge >= 0.3 is 17.9 Å². The first-order chi connectivity index (χ1) is 24.6. The SMILES string of the molecule is COC(=O)CC(C)(O)CC(=O)OC1CCC2(C)C3=C(CCC2C1(C)C)C1(C)CCC(C(CCC=C(C)C)C(=O)OC2C(O)OCC(O)C2O)C1(C)CC3. The first kappa shape index (κ1) is 41.8. The van der Waals surface area contributed by atoms with E-state index in [4.69, 9.17) is 14.2 Å². The first-order valence-corrected chi connectivity index (χ1v) is 19.8. The molecule has 4 aliphatic carbocycles. The van der Waals surface area contributed by atoms with Gasteiger partial charge in [0, 0.05) is 5.41 Å². The summed E-state index contributed by atoms with van der Waals surface area (Å²) in [6.07, 6.45) is 4.11. The minimum absolute atomic E-state index is 0.0249. The van der Waals surface area contributed by atoms with Gasteiger partial charge in [0.15, 0.2) is 12.4 Å². The normalized spacial score (nSPS) is 39.4. The summed E-state index contributed by atoms with van der Waals surface area (Å²) >= 11 is 0.